The molecule has 7 atom stereocenters. The highest BCUT2D eigenvalue weighted by atomic mass is 14.6. The predicted molar refractivity (Wildman–Crippen MR) is 66.9 cm³/mol. The first-order valence-corrected chi connectivity index (χ1v) is 7.18. The number of allylic oxidation sites excluding steroid dienone is 4. The molecule has 0 spiro atoms. The van der Waals surface area contributed by atoms with Crippen molar-refractivity contribution in [2.75, 3.05) is 0 Å². The maximum Gasteiger partial charge on any atom is -0.0194 e. The molecule has 16 heavy (non-hydrogen) atoms. The molecule has 3 fully saturated rings. The minimum absolute atomic E-state index is 0.985. The molecule has 0 N–H and O–H groups in total. The van der Waals surface area contributed by atoms with Gasteiger partial charge in [-0.3, -0.25) is 0 Å². The zero-order valence-electron chi connectivity index (χ0n) is 10.2. The van der Waals surface area contributed by atoms with Crippen LogP contribution in [0.15, 0.2) is 24.3 Å². The van der Waals surface area contributed by atoms with Crippen molar-refractivity contribution in [3.05, 3.63) is 24.3 Å². The van der Waals surface area contributed by atoms with Gasteiger partial charge < -0.3 is 0 Å². The normalized spacial score (nSPS) is 56.7. The van der Waals surface area contributed by atoms with Crippen molar-refractivity contribution >= 4 is 0 Å². The Balaban J connectivity index is 1.59. The summed E-state index contributed by atoms with van der Waals surface area (Å²) in [5.74, 6) is 7.42. The van der Waals surface area contributed by atoms with Gasteiger partial charge in [0.2, 0.25) is 0 Å². The lowest BCUT2D eigenvalue weighted by Crippen LogP contribution is -2.30. The second kappa shape index (κ2) is 3.24. The van der Waals surface area contributed by atoms with E-state index in [0.717, 1.165) is 41.4 Å². The second-order valence-corrected chi connectivity index (χ2v) is 6.56. The van der Waals surface area contributed by atoms with Gasteiger partial charge in [0, 0.05) is 0 Å². The Morgan fingerprint density at radius 2 is 1.88 bits per heavy atom. The third-order valence-corrected chi connectivity index (χ3v) is 6.08. The number of rotatable bonds is 2. The lowest BCUT2D eigenvalue weighted by molar-refractivity contribution is 0.151. The summed E-state index contributed by atoms with van der Waals surface area (Å²) in [5.41, 5.74) is 0. The number of hydrogen-bond donors (Lipinski definition) is 0. The number of fused-ring (bicyclic) bond motifs is 9. The zero-order chi connectivity index (χ0) is 10.7. The van der Waals surface area contributed by atoms with E-state index in [4.69, 9.17) is 0 Å². The molecule has 0 aromatic rings. The summed E-state index contributed by atoms with van der Waals surface area (Å²) in [6.45, 7) is 2.16. The quantitative estimate of drug-likeness (QED) is 0.480. The van der Waals surface area contributed by atoms with Gasteiger partial charge in [-0.1, -0.05) is 24.3 Å². The largest absolute Gasteiger partial charge is 0.0917 e. The van der Waals surface area contributed by atoms with Gasteiger partial charge in [0.25, 0.3) is 0 Å². The van der Waals surface area contributed by atoms with Crippen molar-refractivity contribution in [2.45, 2.75) is 32.6 Å². The van der Waals surface area contributed by atoms with Gasteiger partial charge in [0.1, 0.15) is 0 Å². The van der Waals surface area contributed by atoms with Crippen LogP contribution in [0.4, 0.5) is 0 Å². The van der Waals surface area contributed by atoms with Crippen LogP contribution >= 0.6 is 0 Å². The topological polar surface area (TPSA) is 0 Å². The fraction of sp³-hybridized carbons (Fsp3) is 0.750. The summed E-state index contributed by atoms with van der Waals surface area (Å²) in [5, 5.41) is 0. The van der Waals surface area contributed by atoms with Crippen LogP contribution in [0.2, 0.25) is 0 Å². The Kier molecular flexibility index (Phi) is 1.93. The van der Waals surface area contributed by atoms with Gasteiger partial charge >= 0.3 is 0 Å². The van der Waals surface area contributed by atoms with Crippen LogP contribution in [0.25, 0.3) is 0 Å². The minimum atomic E-state index is 0.985. The standard InChI is InChI=1S/C16H22/c1-2-3-4-10-7-13-9-14(10)16-12-6-5-11(8-12)15(13)16/h2-3,5-6,10-16H,4,7-9H2,1H3/b3-2-. The molecule has 86 valence electrons. The zero-order valence-corrected chi connectivity index (χ0v) is 10.2. The van der Waals surface area contributed by atoms with E-state index in [2.05, 4.69) is 31.2 Å². The molecule has 0 nitrogen and oxygen atoms in total. The van der Waals surface area contributed by atoms with Crippen molar-refractivity contribution in [3.63, 3.8) is 0 Å². The highest BCUT2D eigenvalue weighted by molar-refractivity contribution is 5.20. The van der Waals surface area contributed by atoms with Gasteiger partial charge in [-0.25, -0.2) is 0 Å². The highest BCUT2D eigenvalue weighted by Crippen LogP contribution is 2.67. The van der Waals surface area contributed by atoms with Crippen LogP contribution in [0.1, 0.15) is 32.6 Å². The van der Waals surface area contributed by atoms with E-state index in [9.17, 15) is 0 Å². The van der Waals surface area contributed by atoms with E-state index < -0.39 is 0 Å². The average Bonchev–Trinajstić information content (AvgIpc) is 3.02. The molecule has 0 aromatic heterocycles. The third kappa shape index (κ3) is 1.06. The lowest BCUT2D eigenvalue weighted by Gasteiger charge is -2.36. The van der Waals surface area contributed by atoms with E-state index in [1.807, 2.05) is 0 Å². The van der Waals surface area contributed by atoms with Gasteiger partial charge in [-0.05, 0) is 74.0 Å². The van der Waals surface area contributed by atoms with E-state index >= 15 is 0 Å². The smallest absolute Gasteiger partial charge is 0.0194 e. The van der Waals surface area contributed by atoms with Crippen LogP contribution in [-0.2, 0) is 0 Å². The van der Waals surface area contributed by atoms with E-state index in [-0.39, 0.29) is 0 Å². The molecule has 0 radical (unpaired) electrons. The molecule has 0 amide bonds. The van der Waals surface area contributed by atoms with Crippen LogP contribution < -0.4 is 0 Å². The Hall–Kier alpha value is -0.520. The van der Waals surface area contributed by atoms with Crippen molar-refractivity contribution in [2.24, 2.45) is 41.4 Å². The molecule has 4 aliphatic carbocycles. The number of hydrogen-bond acceptors (Lipinski definition) is 0. The Labute approximate surface area is 98.8 Å². The summed E-state index contributed by atoms with van der Waals surface area (Å²) >= 11 is 0. The Bertz CT molecular complexity index is 351. The average molecular weight is 214 g/mol. The summed E-state index contributed by atoms with van der Waals surface area (Å²) in [4.78, 5) is 0. The molecular weight excluding hydrogens is 192 g/mol. The highest BCUT2D eigenvalue weighted by Gasteiger charge is 2.60. The molecule has 0 saturated heterocycles. The molecule has 3 saturated carbocycles. The van der Waals surface area contributed by atoms with E-state index in [0.29, 0.717) is 0 Å². The van der Waals surface area contributed by atoms with Crippen molar-refractivity contribution < 1.29 is 0 Å². The molecule has 7 unspecified atom stereocenters. The summed E-state index contributed by atoms with van der Waals surface area (Å²) < 4.78 is 0. The first-order valence-electron chi connectivity index (χ1n) is 7.18. The summed E-state index contributed by atoms with van der Waals surface area (Å²) in [6, 6.07) is 0. The van der Waals surface area contributed by atoms with Crippen LogP contribution in [0.3, 0.4) is 0 Å². The van der Waals surface area contributed by atoms with Crippen molar-refractivity contribution in [3.8, 4) is 0 Å². The van der Waals surface area contributed by atoms with E-state index in [1.165, 1.54) is 12.8 Å². The van der Waals surface area contributed by atoms with Gasteiger partial charge in [-0.2, -0.15) is 0 Å². The molecule has 0 heteroatoms. The fourth-order valence-corrected chi connectivity index (χ4v) is 5.73. The van der Waals surface area contributed by atoms with Gasteiger partial charge in [-0.15, -0.1) is 0 Å². The Morgan fingerprint density at radius 3 is 2.69 bits per heavy atom. The van der Waals surface area contributed by atoms with Crippen LogP contribution in [-0.4, -0.2) is 0 Å². The van der Waals surface area contributed by atoms with Gasteiger partial charge in [0.15, 0.2) is 0 Å². The molecule has 0 heterocycles. The van der Waals surface area contributed by atoms with Crippen LogP contribution in [0, 0.1) is 41.4 Å². The monoisotopic (exact) mass is 214 g/mol. The SMILES string of the molecule is C/C=C\CC1CC2CC1C1C3C=CC(C3)C21. The second-order valence-electron chi connectivity index (χ2n) is 6.56. The third-order valence-electron chi connectivity index (χ3n) is 6.08. The van der Waals surface area contributed by atoms with E-state index in [1.54, 1.807) is 12.8 Å². The molecule has 4 rings (SSSR count). The summed E-state index contributed by atoms with van der Waals surface area (Å²) in [7, 11) is 0. The van der Waals surface area contributed by atoms with Gasteiger partial charge in [0.05, 0.1) is 0 Å². The molecule has 4 aliphatic rings. The Morgan fingerprint density at radius 1 is 1.06 bits per heavy atom. The molecular formula is C16H22. The maximum absolute atomic E-state index is 2.55. The summed E-state index contributed by atoms with van der Waals surface area (Å²) in [6.07, 6.45) is 15.8. The maximum atomic E-state index is 2.55. The van der Waals surface area contributed by atoms with Crippen molar-refractivity contribution in [1.82, 2.24) is 0 Å². The first-order chi connectivity index (χ1) is 7.88. The van der Waals surface area contributed by atoms with Crippen LogP contribution in [0.5, 0.6) is 0 Å². The predicted octanol–water partition coefficient (Wildman–Crippen LogP) is 4.05. The molecule has 0 aliphatic heterocycles. The fourth-order valence-electron chi connectivity index (χ4n) is 5.73. The molecule has 4 bridgehead atoms. The lowest BCUT2D eigenvalue weighted by atomic mass is 9.69. The minimum Gasteiger partial charge on any atom is -0.0917 e. The molecule has 0 aromatic carbocycles. The van der Waals surface area contributed by atoms with Crippen molar-refractivity contribution in [1.29, 1.82) is 0 Å². The first kappa shape index (κ1) is 9.50.